The van der Waals surface area contributed by atoms with E-state index < -0.39 is 0 Å². The molecule has 2 rings (SSSR count). The topological polar surface area (TPSA) is 58.1 Å². The molecule has 2 aromatic rings. The molecule has 0 saturated heterocycles. The minimum absolute atomic E-state index is 0.0918. The maximum Gasteiger partial charge on any atom is 0.265 e. The van der Waals surface area contributed by atoms with E-state index in [0.717, 1.165) is 17.2 Å². The summed E-state index contributed by atoms with van der Waals surface area (Å²) in [5.74, 6) is -0.0918. The maximum absolute atomic E-state index is 12.3. The van der Waals surface area contributed by atoms with Gasteiger partial charge in [-0.05, 0) is 44.5 Å². The molecule has 118 valence electrons. The van der Waals surface area contributed by atoms with Crippen LogP contribution in [0.4, 0.5) is 0 Å². The van der Waals surface area contributed by atoms with Gasteiger partial charge in [-0.2, -0.15) is 0 Å². The van der Waals surface area contributed by atoms with Gasteiger partial charge in [0.1, 0.15) is 4.88 Å². The highest BCUT2D eigenvalue weighted by Crippen LogP contribution is 2.18. The van der Waals surface area contributed by atoms with Crippen LogP contribution in [0, 0.1) is 6.92 Å². The normalized spacial score (nSPS) is 12.4. The number of hydrogen-bond acceptors (Lipinski definition) is 5. The van der Waals surface area contributed by atoms with E-state index in [1.165, 1.54) is 11.1 Å². The first-order valence-corrected chi connectivity index (χ1v) is 8.12. The number of carbonyl (C=O) groups is 1. The minimum Gasteiger partial charge on any atom is -0.349 e. The van der Waals surface area contributed by atoms with Crippen LogP contribution in [0.2, 0.25) is 0 Å². The lowest BCUT2D eigenvalue weighted by Gasteiger charge is -2.25. The molecule has 0 aliphatic carbocycles. The average Bonchev–Trinajstić information content (AvgIpc) is 2.97. The van der Waals surface area contributed by atoms with Crippen molar-refractivity contribution in [3.63, 3.8) is 0 Å². The van der Waals surface area contributed by atoms with Crippen molar-refractivity contribution in [2.24, 2.45) is 0 Å². The van der Waals surface area contributed by atoms with Crippen molar-refractivity contribution < 1.29 is 4.79 Å². The summed E-state index contributed by atoms with van der Waals surface area (Å²) in [5.41, 5.74) is 3.18. The summed E-state index contributed by atoms with van der Waals surface area (Å²) in [6.45, 7) is 4.59. The van der Waals surface area contributed by atoms with Crippen LogP contribution in [0.3, 0.4) is 0 Å². The minimum atomic E-state index is -0.0918. The molecule has 1 amide bonds. The summed E-state index contributed by atoms with van der Waals surface area (Å²) in [4.78, 5) is 15.0. The van der Waals surface area contributed by atoms with Crippen molar-refractivity contribution in [2.45, 2.75) is 26.3 Å². The molecule has 6 heteroatoms. The lowest BCUT2D eigenvalue weighted by Crippen LogP contribution is -2.34. The molecule has 22 heavy (non-hydrogen) atoms. The highest BCUT2D eigenvalue weighted by Gasteiger charge is 2.19. The largest absolute Gasteiger partial charge is 0.349 e. The molecule has 0 saturated carbocycles. The summed E-state index contributed by atoms with van der Waals surface area (Å²) in [7, 11) is 4.03. The fourth-order valence-electron chi connectivity index (χ4n) is 2.27. The van der Waals surface area contributed by atoms with E-state index in [0.29, 0.717) is 17.8 Å². The monoisotopic (exact) mass is 318 g/mol. The van der Waals surface area contributed by atoms with Gasteiger partial charge in [0.05, 0.1) is 11.7 Å². The second kappa shape index (κ2) is 7.47. The summed E-state index contributed by atoms with van der Waals surface area (Å²) in [6, 6.07) is 8.54. The molecule has 1 N–H and O–H groups in total. The molecule has 0 fully saturated rings. The first-order chi connectivity index (χ1) is 10.5. The maximum atomic E-state index is 12.3. The van der Waals surface area contributed by atoms with Crippen molar-refractivity contribution in [3.8, 4) is 0 Å². The van der Waals surface area contributed by atoms with Crippen molar-refractivity contribution >= 4 is 17.4 Å². The summed E-state index contributed by atoms with van der Waals surface area (Å²) in [6.07, 6.45) is 0.717. The first kappa shape index (κ1) is 16.6. The molecule has 0 spiro atoms. The van der Waals surface area contributed by atoms with Crippen LogP contribution in [0.15, 0.2) is 24.3 Å². The van der Waals surface area contributed by atoms with Gasteiger partial charge in [-0.3, -0.25) is 4.79 Å². The molecule has 0 aliphatic rings. The van der Waals surface area contributed by atoms with E-state index in [4.69, 9.17) is 0 Å². The second-order valence-electron chi connectivity index (χ2n) is 5.50. The van der Waals surface area contributed by atoms with Crippen LogP contribution in [0.25, 0.3) is 0 Å². The van der Waals surface area contributed by atoms with E-state index >= 15 is 0 Å². The Morgan fingerprint density at radius 3 is 2.59 bits per heavy atom. The fraction of sp³-hybridized carbons (Fsp3) is 0.438. The third kappa shape index (κ3) is 3.90. The number of amides is 1. The van der Waals surface area contributed by atoms with Gasteiger partial charge in [0.15, 0.2) is 0 Å². The lowest BCUT2D eigenvalue weighted by molar-refractivity contribution is 0.0945. The quantitative estimate of drug-likeness (QED) is 0.889. The number of benzene rings is 1. The molecular weight excluding hydrogens is 296 g/mol. The predicted molar refractivity (Wildman–Crippen MR) is 89.2 cm³/mol. The molecule has 0 unspecified atom stereocenters. The third-order valence-corrected chi connectivity index (χ3v) is 4.41. The molecule has 1 atom stereocenters. The van der Waals surface area contributed by atoms with Gasteiger partial charge in [0.25, 0.3) is 5.91 Å². The van der Waals surface area contributed by atoms with Crippen molar-refractivity contribution in [3.05, 3.63) is 46.0 Å². The number of aromatic nitrogens is 2. The van der Waals surface area contributed by atoms with E-state index in [2.05, 4.69) is 51.0 Å². The molecule has 0 aliphatic heterocycles. The fourth-order valence-corrected chi connectivity index (χ4v) is 2.94. The Labute approximate surface area is 135 Å². The van der Waals surface area contributed by atoms with Crippen LogP contribution in [0.1, 0.15) is 39.5 Å². The number of nitrogens with zero attached hydrogens (tertiary/aromatic N) is 3. The highest BCUT2D eigenvalue weighted by molar-refractivity contribution is 7.08. The molecule has 1 aromatic carbocycles. The Hall–Kier alpha value is -1.79. The van der Waals surface area contributed by atoms with Crippen LogP contribution in [0.5, 0.6) is 0 Å². The van der Waals surface area contributed by atoms with Gasteiger partial charge in [-0.15, -0.1) is 5.10 Å². The average molecular weight is 318 g/mol. The zero-order valence-corrected chi connectivity index (χ0v) is 14.3. The third-order valence-electron chi connectivity index (χ3n) is 3.64. The van der Waals surface area contributed by atoms with Gasteiger partial charge < -0.3 is 10.2 Å². The van der Waals surface area contributed by atoms with Crippen LogP contribution in [-0.4, -0.2) is 41.0 Å². The summed E-state index contributed by atoms with van der Waals surface area (Å²) in [5, 5.41) is 6.99. The Morgan fingerprint density at radius 2 is 2.00 bits per heavy atom. The van der Waals surface area contributed by atoms with Crippen LogP contribution < -0.4 is 5.32 Å². The Bertz CT molecular complexity index is 621. The number of rotatable bonds is 6. The van der Waals surface area contributed by atoms with E-state index in [9.17, 15) is 4.79 Å². The van der Waals surface area contributed by atoms with E-state index in [1.54, 1.807) is 0 Å². The lowest BCUT2D eigenvalue weighted by atomic mass is 10.0. The van der Waals surface area contributed by atoms with Crippen molar-refractivity contribution in [2.75, 3.05) is 20.6 Å². The number of aryl methyl sites for hydroxylation is 2. The van der Waals surface area contributed by atoms with Crippen molar-refractivity contribution in [1.29, 1.82) is 0 Å². The molecule has 1 aromatic heterocycles. The number of nitrogens with one attached hydrogen (secondary N) is 1. The van der Waals surface area contributed by atoms with Crippen LogP contribution in [-0.2, 0) is 6.42 Å². The van der Waals surface area contributed by atoms with Gasteiger partial charge >= 0.3 is 0 Å². The number of likely N-dealkylation sites (N-methyl/N-ethyl adjacent to an activating group) is 1. The van der Waals surface area contributed by atoms with Gasteiger partial charge in [-0.25, -0.2) is 0 Å². The first-order valence-electron chi connectivity index (χ1n) is 7.35. The van der Waals surface area contributed by atoms with E-state index in [1.807, 2.05) is 21.0 Å². The molecule has 0 bridgehead atoms. The van der Waals surface area contributed by atoms with Crippen LogP contribution >= 0.6 is 11.5 Å². The molecular formula is C16H22N4OS. The zero-order chi connectivity index (χ0) is 16.1. The Kier molecular flexibility index (Phi) is 5.63. The summed E-state index contributed by atoms with van der Waals surface area (Å²) < 4.78 is 3.86. The number of hydrogen-bond donors (Lipinski definition) is 1. The Balaban J connectivity index is 2.06. The molecule has 1 heterocycles. The van der Waals surface area contributed by atoms with Gasteiger partial charge in [0.2, 0.25) is 0 Å². The van der Waals surface area contributed by atoms with Gasteiger partial charge in [-0.1, -0.05) is 41.2 Å². The van der Waals surface area contributed by atoms with Gasteiger partial charge in [0, 0.05) is 6.54 Å². The van der Waals surface area contributed by atoms with Crippen molar-refractivity contribution in [1.82, 2.24) is 19.8 Å². The number of carbonyl (C=O) groups excluding carboxylic acids is 1. The smallest absolute Gasteiger partial charge is 0.265 e. The molecule has 0 radical (unpaired) electrons. The highest BCUT2D eigenvalue weighted by atomic mass is 32.1. The van der Waals surface area contributed by atoms with E-state index in [-0.39, 0.29) is 11.9 Å². The molecule has 5 nitrogen and oxygen atoms in total. The predicted octanol–water partition coefficient (Wildman–Crippen LogP) is 2.44. The second-order valence-corrected chi connectivity index (χ2v) is 6.26. The Morgan fingerprint density at radius 1 is 1.32 bits per heavy atom. The summed E-state index contributed by atoms with van der Waals surface area (Å²) >= 11 is 1.15. The SMILES string of the molecule is CCc1nnsc1C(=O)NC[C@@H](c1ccc(C)cc1)N(C)C. The zero-order valence-electron chi connectivity index (χ0n) is 13.5. The standard InChI is InChI=1S/C16H22N4OS/c1-5-13-15(22-19-18-13)16(21)17-10-14(20(3)4)12-8-6-11(2)7-9-12/h6-9,14H,5,10H2,1-4H3,(H,17,21)/t14-/m0/s1.